The summed E-state index contributed by atoms with van der Waals surface area (Å²) in [5.41, 5.74) is 1.07. The molecule has 9 heteroatoms. The van der Waals surface area contributed by atoms with E-state index >= 15 is 0 Å². The van der Waals surface area contributed by atoms with Crippen LogP contribution in [0.4, 0.5) is 4.79 Å². The molecule has 218 valence electrons. The normalized spacial score (nSPS) is 12.6. The van der Waals surface area contributed by atoms with E-state index in [0.29, 0.717) is 6.54 Å². The summed E-state index contributed by atoms with van der Waals surface area (Å²) in [6.45, 7) is 7.32. The number of benzene rings is 3. The third-order valence-corrected chi connectivity index (χ3v) is 6.06. The van der Waals surface area contributed by atoms with E-state index in [4.69, 9.17) is 9.47 Å². The molecule has 0 bridgehead atoms. The molecule has 3 rings (SSSR count). The van der Waals surface area contributed by atoms with Crippen molar-refractivity contribution < 1.29 is 28.7 Å². The number of carbonyl (C=O) groups excluding carboxylic acids is 4. The minimum atomic E-state index is -0.861. The van der Waals surface area contributed by atoms with Crippen molar-refractivity contribution in [2.75, 3.05) is 0 Å². The molecule has 0 aliphatic carbocycles. The Bertz CT molecular complexity index is 1330. The van der Waals surface area contributed by atoms with Crippen LogP contribution in [0.5, 0.6) is 0 Å². The topological polar surface area (TPSA) is 123 Å². The lowest BCUT2D eigenvalue weighted by molar-refractivity contribution is -0.145. The Labute approximate surface area is 241 Å². The Balaban J connectivity index is 1.51. The van der Waals surface area contributed by atoms with Crippen LogP contribution in [0.3, 0.4) is 0 Å². The molecule has 0 aliphatic rings. The molecule has 0 saturated heterocycles. The lowest BCUT2D eigenvalue weighted by Crippen LogP contribution is -2.44. The van der Waals surface area contributed by atoms with Gasteiger partial charge in [0.15, 0.2) is 0 Å². The molecule has 41 heavy (non-hydrogen) atoms. The van der Waals surface area contributed by atoms with Gasteiger partial charge in [-0.25, -0.2) is 4.79 Å². The monoisotopic (exact) mass is 561 g/mol. The summed E-state index contributed by atoms with van der Waals surface area (Å²) in [6.07, 6.45) is -1.09. The first-order chi connectivity index (χ1) is 19.5. The summed E-state index contributed by atoms with van der Waals surface area (Å²) < 4.78 is 10.6. The van der Waals surface area contributed by atoms with Crippen LogP contribution in [0.25, 0.3) is 10.8 Å². The van der Waals surface area contributed by atoms with Crippen molar-refractivity contribution in [3.05, 3.63) is 83.9 Å². The molecule has 3 aromatic rings. The second kappa shape index (κ2) is 14.8. The molecule has 3 N–H and O–H groups in total. The van der Waals surface area contributed by atoms with Gasteiger partial charge in [-0.1, -0.05) is 72.8 Å². The van der Waals surface area contributed by atoms with Crippen molar-refractivity contribution in [1.82, 2.24) is 16.0 Å². The molecule has 0 spiro atoms. The van der Waals surface area contributed by atoms with Crippen LogP contribution < -0.4 is 16.0 Å². The van der Waals surface area contributed by atoms with E-state index in [2.05, 4.69) is 16.0 Å². The van der Waals surface area contributed by atoms with Crippen molar-refractivity contribution in [3.8, 4) is 0 Å². The highest BCUT2D eigenvalue weighted by Crippen LogP contribution is 2.18. The molecule has 9 nitrogen and oxygen atoms in total. The van der Waals surface area contributed by atoms with E-state index < -0.39 is 35.7 Å². The highest BCUT2D eigenvalue weighted by molar-refractivity contribution is 5.86. The maximum absolute atomic E-state index is 12.8. The smallest absolute Gasteiger partial charge is 0.407 e. The highest BCUT2D eigenvalue weighted by atomic mass is 16.6. The van der Waals surface area contributed by atoms with Gasteiger partial charge in [0.1, 0.15) is 12.2 Å². The fourth-order valence-corrected chi connectivity index (χ4v) is 4.25. The zero-order valence-corrected chi connectivity index (χ0v) is 24.1. The second-order valence-electron chi connectivity index (χ2n) is 11.0. The summed E-state index contributed by atoms with van der Waals surface area (Å²) in [5, 5.41) is 10.5. The minimum Gasteiger partial charge on any atom is -0.461 e. The van der Waals surface area contributed by atoms with Crippen molar-refractivity contribution in [3.63, 3.8) is 0 Å². The van der Waals surface area contributed by atoms with Gasteiger partial charge in [-0.15, -0.1) is 0 Å². The molecular formula is C32H39N3O6. The maximum Gasteiger partial charge on any atom is 0.407 e. The molecule has 3 amide bonds. The quantitative estimate of drug-likeness (QED) is 0.274. The summed E-state index contributed by atoms with van der Waals surface area (Å²) in [5.74, 6) is -1.20. The molecule has 0 saturated carbocycles. The number of esters is 1. The van der Waals surface area contributed by atoms with E-state index in [9.17, 15) is 19.2 Å². The van der Waals surface area contributed by atoms with E-state index in [1.165, 1.54) is 0 Å². The predicted octanol–water partition coefficient (Wildman–Crippen LogP) is 4.77. The second-order valence-corrected chi connectivity index (χ2v) is 11.0. The fourth-order valence-electron chi connectivity index (χ4n) is 4.25. The van der Waals surface area contributed by atoms with Gasteiger partial charge in [0.05, 0.1) is 12.5 Å². The van der Waals surface area contributed by atoms with Crippen molar-refractivity contribution >= 4 is 34.6 Å². The third-order valence-electron chi connectivity index (χ3n) is 6.06. The highest BCUT2D eigenvalue weighted by Gasteiger charge is 2.25. The van der Waals surface area contributed by atoms with Crippen LogP contribution in [0.1, 0.15) is 58.1 Å². The molecule has 0 aromatic heterocycles. The van der Waals surface area contributed by atoms with Gasteiger partial charge >= 0.3 is 12.1 Å². The summed E-state index contributed by atoms with van der Waals surface area (Å²) >= 11 is 0. The molecule has 0 aliphatic heterocycles. The lowest BCUT2D eigenvalue weighted by atomic mass is 10.0. The van der Waals surface area contributed by atoms with Gasteiger partial charge in [0, 0.05) is 25.4 Å². The molecule has 0 radical (unpaired) electrons. The Morgan fingerprint density at radius 1 is 0.780 bits per heavy atom. The summed E-state index contributed by atoms with van der Waals surface area (Å²) in [7, 11) is 0. The number of amides is 3. The number of alkyl carbamates (subject to hydrolysis) is 1. The van der Waals surface area contributed by atoms with Crippen molar-refractivity contribution in [1.29, 1.82) is 0 Å². The number of hydrogen-bond acceptors (Lipinski definition) is 6. The number of nitrogens with one attached hydrogen (secondary N) is 3. The number of carbonyl (C=O) groups is 4. The van der Waals surface area contributed by atoms with Gasteiger partial charge in [-0.2, -0.15) is 0 Å². The molecular weight excluding hydrogens is 522 g/mol. The fraction of sp³-hybridized carbons (Fsp3) is 0.375. The lowest BCUT2D eigenvalue weighted by Gasteiger charge is -2.23. The average Bonchev–Trinajstić information content (AvgIpc) is 2.90. The first kappa shape index (κ1) is 31.1. The predicted molar refractivity (Wildman–Crippen MR) is 157 cm³/mol. The Hall–Kier alpha value is -4.40. The summed E-state index contributed by atoms with van der Waals surface area (Å²) in [6, 6.07) is 21.8. The van der Waals surface area contributed by atoms with Crippen molar-refractivity contribution in [2.24, 2.45) is 0 Å². The zero-order valence-electron chi connectivity index (χ0n) is 24.1. The van der Waals surface area contributed by atoms with Crippen LogP contribution in [0.2, 0.25) is 0 Å². The number of ether oxygens (including phenoxy) is 2. The zero-order chi connectivity index (χ0) is 29.8. The number of hydrogen-bond donors (Lipinski definition) is 3. The van der Waals surface area contributed by atoms with Crippen molar-refractivity contribution in [2.45, 2.75) is 77.8 Å². The standard InChI is InChI=1S/C32H39N3O6/c1-22(17-28(36)33-20-25-15-10-14-24-13-8-9-16-27(24)25)34-29(37)18-26(35-31(39)41-32(2,3)4)19-30(38)40-21-23-11-6-5-7-12-23/h5-16,22,26H,17-21H2,1-4H3,(H,33,36)(H,34,37)(H,35,39)/t22-,26+/m0/s1. The number of rotatable bonds is 12. The molecule has 3 aromatic carbocycles. The first-order valence-electron chi connectivity index (χ1n) is 13.7. The van der Waals surface area contributed by atoms with Gasteiger partial charge < -0.3 is 25.4 Å². The summed E-state index contributed by atoms with van der Waals surface area (Å²) in [4.78, 5) is 50.3. The van der Waals surface area contributed by atoms with Crippen LogP contribution in [-0.2, 0) is 37.0 Å². The van der Waals surface area contributed by atoms with Gasteiger partial charge in [0.25, 0.3) is 0 Å². The van der Waals surface area contributed by atoms with Crippen LogP contribution in [0, 0.1) is 0 Å². The SMILES string of the molecule is C[C@@H](CC(=O)NCc1cccc2ccccc12)NC(=O)C[C@H](CC(=O)OCc1ccccc1)NC(=O)OC(C)(C)C. The molecule has 0 unspecified atom stereocenters. The largest absolute Gasteiger partial charge is 0.461 e. The first-order valence-corrected chi connectivity index (χ1v) is 13.7. The number of fused-ring (bicyclic) bond motifs is 1. The van der Waals surface area contributed by atoms with E-state index in [-0.39, 0.29) is 31.8 Å². The molecule has 2 atom stereocenters. The van der Waals surface area contributed by atoms with Crippen LogP contribution in [-0.4, -0.2) is 41.6 Å². The average molecular weight is 562 g/mol. The maximum atomic E-state index is 12.8. The molecule has 0 heterocycles. The van der Waals surface area contributed by atoms with Gasteiger partial charge in [-0.05, 0) is 49.6 Å². The van der Waals surface area contributed by atoms with E-state index in [0.717, 1.165) is 21.9 Å². The molecule has 0 fully saturated rings. The third kappa shape index (κ3) is 11.3. The Morgan fingerprint density at radius 2 is 1.46 bits per heavy atom. The van der Waals surface area contributed by atoms with Crippen LogP contribution in [0.15, 0.2) is 72.8 Å². The van der Waals surface area contributed by atoms with Crippen LogP contribution >= 0.6 is 0 Å². The van der Waals surface area contributed by atoms with Gasteiger partial charge in [0.2, 0.25) is 11.8 Å². The Morgan fingerprint density at radius 3 is 2.20 bits per heavy atom. The Kier molecular flexibility index (Phi) is 11.3. The van der Waals surface area contributed by atoms with Gasteiger partial charge in [-0.3, -0.25) is 14.4 Å². The van der Waals surface area contributed by atoms with E-state index in [1.54, 1.807) is 27.7 Å². The minimum absolute atomic E-state index is 0.0692. The van der Waals surface area contributed by atoms with E-state index in [1.807, 2.05) is 72.8 Å².